The molecule has 0 spiro atoms. The third kappa shape index (κ3) is 2.80. The minimum Gasteiger partial charge on any atom is -0.0767 e. The SMILES string of the molecule is C1=CC=CC(C(c2ccccc2)c2ccccc2)C=C1. The number of hydrogen-bond acceptors (Lipinski definition) is 0. The summed E-state index contributed by atoms with van der Waals surface area (Å²) in [4.78, 5) is 0. The van der Waals surface area contributed by atoms with Gasteiger partial charge in [0, 0.05) is 11.8 Å². The van der Waals surface area contributed by atoms with Gasteiger partial charge in [-0.1, -0.05) is 97.1 Å². The predicted octanol–water partition coefficient (Wildman–Crippen LogP) is 5.12. The van der Waals surface area contributed by atoms with E-state index in [1.54, 1.807) is 0 Å². The van der Waals surface area contributed by atoms with Crippen molar-refractivity contribution in [1.82, 2.24) is 0 Å². The van der Waals surface area contributed by atoms with Crippen molar-refractivity contribution < 1.29 is 0 Å². The third-order valence-electron chi connectivity index (χ3n) is 3.70. The highest BCUT2D eigenvalue weighted by molar-refractivity contribution is 5.37. The van der Waals surface area contributed by atoms with Gasteiger partial charge in [-0.25, -0.2) is 0 Å². The first-order chi connectivity index (χ1) is 9.95. The second-order valence-electron chi connectivity index (χ2n) is 5.03. The van der Waals surface area contributed by atoms with Crippen LogP contribution in [0.1, 0.15) is 17.0 Å². The molecule has 1 aliphatic carbocycles. The molecule has 2 aromatic carbocycles. The first-order valence-electron chi connectivity index (χ1n) is 7.07. The molecule has 0 atom stereocenters. The van der Waals surface area contributed by atoms with Crippen LogP contribution >= 0.6 is 0 Å². The molecule has 0 nitrogen and oxygen atoms in total. The molecule has 0 N–H and O–H groups in total. The lowest BCUT2D eigenvalue weighted by molar-refractivity contribution is 0.686. The Bertz CT molecular complexity index is 562. The van der Waals surface area contributed by atoms with Gasteiger partial charge in [0.15, 0.2) is 0 Å². The molecular weight excluding hydrogens is 240 g/mol. The Morgan fingerprint density at radius 1 is 0.550 bits per heavy atom. The van der Waals surface area contributed by atoms with Crippen LogP contribution in [0.25, 0.3) is 0 Å². The van der Waals surface area contributed by atoms with E-state index in [2.05, 4.69) is 97.1 Å². The second kappa shape index (κ2) is 6.21. The second-order valence-corrected chi connectivity index (χ2v) is 5.03. The average Bonchev–Trinajstić information content (AvgIpc) is 2.79. The van der Waals surface area contributed by atoms with E-state index >= 15 is 0 Å². The molecular formula is C20H18. The van der Waals surface area contributed by atoms with Gasteiger partial charge in [-0.3, -0.25) is 0 Å². The van der Waals surface area contributed by atoms with E-state index in [0.717, 1.165) is 0 Å². The van der Waals surface area contributed by atoms with Crippen LogP contribution in [0.5, 0.6) is 0 Å². The van der Waals surface area contributed by atoms with Crippen molar-refractivity contribution in [2.24, 2.45) is 5.92 Å². The van der Waals surface area contributed by atoms with Gasteiger partial charge in [0.1, 0.15) is 0 Å². The van der Waals surface area contributed by atoms with Gasteiger partial charge in [0.25, 0.3) is 0 Å². The van der Waals surface area contributed by atoms with Crippen molar-refractivity contribution in [2.45, 2.75) is 5.92 Å². The lowest BCUT2D eigenvalue weighted by Gasteiger charge is -2.23. The Morgan fingerprint density at radius 3 is 1.45 bits per heavy atom. The molecule has 0 saturated heterocycles. The molecule has 1 aliphatic rings. The van der Waals surface area contributed by atoms with Gasteiger partial charge < -0.3 is 0 Å². The zero-order valence-corrected chi connectivity index (χ0v) is 11.4. The van der Waals surface area contributed by atoms with Crippen molar-refractivity contribution in [2.75, 3.05) is 0 Å². The van der Waals surface area contributed by atoms with E-state index in [0.29, 0.717) is 11.8 Å². The van der Waals surface area contributed by atoms with Gasteiger partial charge in [-0.15, -0.1) is 0 Å². The molecule has 0 bridgehead atoms. The normalized spacial score (nSPS) is 14.7. The molecule has 0 amide bonds. The molecule has 20 heavy (non-hydrogen) atoms. The fourth-order valence-corrected chi connectivity index (χ4v) is 2.76. The van der Waals surface area contributed by atoms with Crippen molar-refractivity contribution in [3.05, 3.63) is 108 Å². The van der Waals surface area contributed by atoms with E-state index in [1.807, 2.05) is 0 Å². The summed E-state index contributed by atoms with van der Waals surface area (Å²) in [6.07, 6.45) is 13.0. The van der Waals surface area contributed by atoms with E-state index in [1.165, 1.54) is 11.1 Å². The Balaban J connectivity index is 2.04. The molecule has 98 valence electrons. The molecule has 0 heteroatoms. The van der Waals surface area contributed by atoms with Crippen LogP contribution in [-0.4, -0.2) is 0 Å². The summed E-state index contributed by atoms with van der Waals surface area (Å²) >= 11 is 0. The number of hydrogen-bond donors (Lipinski definition) is 0. The monoisotopic (exact) mass is 258 g/mol. The van der Waals surface area contributed by atoms with Crippen LogP contribution in [0.15, 0.2) is 97.1 Å². The van der Waals surface area contributed by atoms with Crippen LogP contribution < -0.4 is 0 Å². The Hall–Kier alpha value is -2.34. The topological polar surface area (TPSA) is 0 Å². The zero-order chi connectivity index (χ0) is 13.6. The van der Waals surface area contributed by atoms with Gasteiger partial charge >= 0.3 is 0 Å². The van der Waals surface area contributed by atoms with Crippen molar-refractivity contribution >= 4 is 0 Å². The maximum Gasteiger partial charge on any atom is 0.0187 e. The van der Waals surface area contributed by atoms with E-state index in [4.69, 9.17) is 0 Å². The maximum atomic E-state index is 2.28. The quantitative estimate of drug-likeness (QED) is 0.717. The number of allylic oxidation sites excluding steroid dienone is 6. The minimum absolute atomic E-state index is 0.366. The summed E-state index contributed by atoms with van der Waals surface area (Å²) in [7, 11) is 0. The fraction of sp³-hybridized carbons (Fsp3) is 0.100. The fourth-order valence-electron chi connectivity index (χ4n) is 2.76. The lowest BCUT2D eigenvalue weighted by atomic mass is 9.80. The minimum atomic E-state index is 0.366. The first-order valence-corrected chi connectivity index (χ1v) is 7.07. The molecule has 0 fully saturated rings. The predicted molar refractivity (Wildman–Crippen MR) is 85.6 cm³/mol. The van der Waals surface area contributed by atoms with Gasteiger partial charge in [0.05, 0.1) is 0 Å². The molecule has 0 aliphatic heterocycles. The zero-order valence-electron chi connectivity index (χ0n) is 11.4. The van der Waals surface area contributed by atoms with Crippen LogP contribution in [-0.2, 0) is 0 Å². The summed E-state index contributed by atoms with van der Waals surface area (Å²) in [5.41, 5.74) is 2.72. The smallest absolute Gasteiger partial charge is 0.0187 e. The van der Waals surface area contributed by atoms with Gasteiger partial charge in [0.2, 0.25) is 0 Å². The molecule has 3 rings (SSSR count). The molecule has 2 aromatic rings. The number of benzene rings is 2. The third-order valence-corrected chi connectivity index (χ3v) is 3.70. The molecule has 0 saturated carbocycles. The summed E-state index contributed by atoms with van der Waals surface area (Å²) in [6.45, 7) is 0. The first kappa shape index (κ1) is 12.7. The van der Waals surface area contributed by atoms with Crippen LogP contribution in [0, 0.1) is 5.92 Å². The highest BCUT2D eigenvalue weighted by atomic mass is 14.2. The highest BCUT2D eigenvalue weighted by Gasteiger charge is 2.20. The van der Waals surface area contributed by atoms with Crippen LogP contribution in [0.4, 0.5) is 0 Å². The summed E-state index contributed by atoms with van der Waals surface area (Å²) in [5, 5.41) is 0. The van der Waals surface area contributed by atoms with E-state index in [-0.39, 0.29) is 0 Å². The van der Waals surface area contributed by atoms with Crippen molar-refractivity contribution in [1.29, 1.82) is 0 Å². The number of rotatable bonds is 3. The van der Waals surface area contributed by atoms with E-state index < -0.39 is 0 Å². The Kier molecular flexibility index (Phi) is 3.93. The Morgan fingerprint density at radius 2 is 1.00 bits per heavy atom. The molecule has 0 radical (unpaired) electrons. The summed E-state index contributed by atoms with van der Waals surface area (Å²) in [5.74, 6) is 0.750. The Labute approximate surface area is 120 Å². The largest absolute Gasteiger partial charge is 0.0767 e. The lowest BCUT2D eigenvalue weighted by Crippen LogP contribution is -2.10. The highest BCUT2D eigenvalue weighted by Crippen LogP contribution is 2.34. The maximum absolute atomic E-state index is 2.28. The van der Waals surface area contributed by atoms with Gasteiger partial charge in [-0.05, 0) is 11.1 Å². The molecule has 0 aromatic heterocycles. The van der Waals surface area contributed by atoms with Crippen LogP contribution in [0.3, 0.4) is 0 Å². The summed E-state index contributed by atoms with van der Waals surface area (Å²) in [6, 6.07) is 21.5. The summed E-state index contributed by atoms with van der Waals surface area (Å²) < 4.78 is 0. The van der Waals surface area contributed by atoms with Crippen molar-refractivity contribution in [3.63, 3.8) is 0 Å². The van der Waals surface area contributed by atoms with Gasteiger partial charge in [-0.2, -0.15) is 0 Å². The average molecular weight is 258 g/mol. The standard InChI is InChI=1S/C20H18/c1-2-6-12-17(11-5-1)20(18-13-7-3-8-14-18)19-15-9-4-10-16-19/h1-17,20H. The van der Waals surface area contributed by atoms with Crippen molar-refractivity contribution in [3.8, 4) is 0 Å². The van der Waals surface area contributed by atoms with E-state index in [9.17, 15) is 0 Å². The van der Waals surface area contributed by atoms with Crippen LogP contribution in [0.2, 0.25) is 0 Å². The molecule has 0 heterocycles. The molecule has 0 unspecified atom stereocenters.